The van der Waals surface area contributed by atoms with Crippen molar-refractivity contribution in [1.82, 2.24) is 0 Å². The van der Waals surface area contributed by atoms with Crippen molar-refractivity contribution in [2.24, 2.45) is 0 Å². The Morgan fingerprint density at radius 1 is 1.28 bits per heavy atom. The standard InChI is InChI=1S/C14H17FN2O/c1-17-11-7-5-6-10(15)12(11)16-13(18)14(17)8-3-2-4-9-14/h5-7H,2-4,8-9H2,1H3,(H,16,18). The number of halogens is 1. The predicted octanol–water partition coefficient (Wildman–Crippen LogP) is 2.92. The lowest BCUT2D eigenvalue weighted by molar-refractivity contribution is -0.122. The van der Waals surface area contributed by atoms with Crippen molar-refractivity contribution < 1.29 is 9.18 Å². The Morgan fingerprint density at radius 3 is 2.72 bits per heavy atom. The van der Waals surface area contributed by atoms with Crippen LogP contribution in [-0.2, 0) is 4.79 Å². The first-order valence-electron chi connectivity index (χ1n) is 6.49. The summed E-state index contributed by atoms with van der Waals surface area (Å²) in [4.78, 5) is 14.4. The largest absolute Gasteiger partial charge is 0.358 e. The van der Waals surface area contributed by atoms with Crippen molar-refractivity contribution in [2.75, 3.05) is 17.3 Å². The zero-order valence-corrected chi connectivity index (χ0v) is 10.5. The fourth-order valence-corrected chi connectivity index (χ4v) is 3.23. The van der Waals surface area contributed by atoms with Gasteiger partial charge in [-0.15, -0.1) is 0 Å². The molecule has 1 aromatic rings. The molecule has 1 fully saturated rings. The maximum absolute atomic E-state index is 13.7. The number of hydrogen-bond donors (Lipinski definition) is 1. The van der Waals surface area contributed by atoms with E-state index in [0.717, 1.165) is 31.4 Å². The number of likely N-dealkylation sites (N-methyl/N-ethyl adjacent to an activating group) is 1. The predicted molar refractivity (Wildman–Crippen MR) is 69.2 cm³/mol. The zero-order chi connectivity index (χ0) is 12.8. The summed E-state index contributed by atoms with van der Waals surface area (Å²) >= 11 is 0. The summed E-state index contributed by atoms with van der Waals surface area (Å²) < 4.78 is 13.7. The average Bonchev–Trinajstić information content (AvgIpc) is 2.39. The average molecular weight is 248 g/mol. The van der Waals surface area contributed by atoms with Gasteiger partial charge in [0, 0.05) is 7.05 Å². The third-order valence-electron chi connectivity index (χ3n) is 4.34. The van der Waals surface area contributed by atoms with E-state index in [1.54, 1.807) is 6.07 Å². The number of fused-ring (bicyclic) bond motifs is 1. The molecule has 0 atom stereocenters. The first kappa shape index (κ1) is 11.5. The Morgan fingerprint density at radius 2 is 2.00 bits per heavy atom. The second-order valence-electron chi connectivity index (χ2n) is 5.24. The molecule has 1 amide bonds. The Bertz CT molecular complexity index is 495. The third kappa shape index (κ3) is 1.44. The van der Waals surface area contributed by atoms with Crippen LogP contribution in [0, 0.1) is 5.82 Å². The van der Waals surface area contributed by atoms with Crippen LogP contribution in [0.1, 0.15) is 32.1 Å². The third-order valence-corrected chi connectivity index (χ3v) is 4.34. The topological polar surface area (TPSA) is 32.3 Å². The van der Waals surface area contributed by atoms with Crippen LogP contribution in [0.3, 0.4) is 0 Å². The SMILES string of the molecule is CN1c2cccc(F)c2NC(=O)C12CCCCC2. The molecule has 2 aliphatic rings. The highest BCUT2D eigenvalue weighted by Crippen LogP contribution is 2.43. The minimum absolute atomic E-state index is 0.0534. The highest BCUT2D eigenvalue weighted by molar-refractivity contribution is 6.06. The van der Waals surface area contributed by atoms with Gasteiger partial charge in [-0.3, -0.25) is 4.79 Å². The molecule has 1 saturated carbocycles. The van der Waals surface area contributed by atoms with E-state index < -0.39 is 5.54 Å². The van der Waals surface area contributed by atoms with E-state index in [4.69, 9.17) is 0 Å². The maximum atomic E-state index is 13.7. The van der Waals surface area contributed by atoms with Crippen molar-refractivity contribution in [2.45, 2.75) is 37.6 Å². The van der Waals surface area contributed by atoms with Gasteiger partial charge in [0.15, 0.2) is 0 Å². The molecule has 1 aliphatic heterocycles. The molecule has 1 aliphatic carbocycles. The second-order valence-corrected chi connectivity index (χ2v) is 5.24. The van der Waals surface area contributed by atoms with Gasteiger partial charge >= 0.3 is 0 Å². The summed E-state index contributed by atoms with van der Waals surface area (Å²) in [6.07, 6.45) is 5.00. The first-order chi connectivity index (χ1) is 8.65. The van der Waals surface area contributed by atoms with Crippen molar-refractivity contribution >= 4 is 17.3 Å². The van der Waals surface area contributed by atoms with E-state index in [-0.39, 0.29) is 11.7 Å². The lowest BCUT2D eigenvalue weighted by Crippen LogP contribution is -2.59. The minimum atomic E-state index is -0.473. The monoisotopic (exact) mass is 248 g/mol. The van der Waals surface area contributed by atoms with Gasteiger partial charge in [0.2, 0.25) is 5.91 Å². The highest BCUT2D eigenvalue weighted by Gasteiger charge is 2.47. The second kappa shape index (κ2) is 3.97. The summed E-state index contributed by atoms with van der Waals surface area (Å²) in [5.41, 5.74) is 0.636. The molecule has 0 unspecified atom stereocenters. The number of benzene rings is 1. The van der Waals surface area contributed by atoms with Gasteiger partial charge in [0.1, 0.15) is 17.0 Å². The van der Waals surface area contributed by atoms with E-state index in [1.807, 2.05) is 18.0 Å². The van der Waals surface area contributed by atoms with Crippen LogP contribution in [0.5, 0.6) is 0 Å². The van der Waals surface area contributed by atoms with Gasteiger partial charge in [-0.1, -0.05) is 25.3 Å². The first-order valence-corrected chi connectivity index (χ1v) is 6.49. The molecule has 4 heteroatoms. The van der Waals surface area contributed by atoms with Crippen LogP contribution in [0.15, 0.2) is 18.2 Å². The van der Waals surface area contributed by atoms with Crippen LogP contribution in [-0.4, -0.2) is 18.5 Å². The molecule has 3 rings (SSSR count). The van der Waals surface area contributed by atoms with E-state index >= 15 is 0 Å². The smallest absolute Gasteiger partial charge is 0.250 e. The van der Waals surface area contributed by atoms with E-state index in [0.29, 0.717) is 5.69 Å². The summed E-state index contributed by atoms with van der Waals surface area (Å²) in [5.74, 6) is -0.416. The molecule has 1 N–H and O–H groups in total. The van der Waals surface area contributed by atoms with Crippen LogP contribution in [0.2, 0.25) is 0 Å². The quantitative estimate of drug-likeness (QED) is 0.765. The van der Waals surface area contributed by atoms with E-state index in [2.05, 4.69) is 5.32 Å². The van der Waals surface area contributed by atoms with E-state index in [1.165, 1.54) is 12.5 Å². The fraction of sp³-hybridized carbons (Fsp3) is 0.500. The number of anilines is 2. The lowest BCUT2D eigenvalue weighted by atomic mass is 9.78. The molecule has 1 spiro atoms. The summed E-state index contributed by atoms with van der Waals surface area (Å²) in [7, 11) is 1.91. The molecule has 18 heavy (non-hydrogen) atoms. The molecule has 0 bridgehead atoms. The van der Waals surface area contributed by atoms with Crippen molar-refractivity contribution in [3.63, 3.8) is 0 Å². The van der Waals surface area contributed by atoms with Gasteiger partial charge in [-0.25, -0.2) is 4.39 Å². The van der Waals surface area contributed by atoms with Crippen LogP contribution >= 0.6 is 0 Å². The maximum Gasteiger partial charge on any atom is 0.250 e. The normalized spacial score (nSPS) is 21.7. The molecule has 1 heterocycles. The zero-order valence-electron chi connectivity index (χ0n) is 10.5. The van der Waals surface area contributed by atoms with Crippen LogP contribution < -0.4 is 10.2 Å². The van der Waals surface area contributed by atoms with Crippen molar-refractivity contribution in [3.8, 4) is 0 Å². The van der Waals surface area contributed by atoms with Crippen molar-refractivity contribution in [1.29, 1.82) is 0 Å². The van der Waals surface area contributed by atoms with Crippen LogP contribution in [0.4, 0.5) is 15.8 Å². The summed E-state index contributed by atoms with van der Waals surface area (Å²) in [6, 6.07) is 4.94. The van der Waals surface area contributed by atoms with Gasteiger partial charge in [-0.05, 0) is 25.0 Å². The Kier molecular flexibility index (Phi) is 2.54. The van der Waals surface area contributed by atoms with E-state index in [9.17, 15) is 9.18 Å². The number of carbonyl (C=O) groups is 1. The number of nitrogens with one attached hydrogen (secondary N) is 1. The highest BCUT2D eigenvalue weighted by atomic mass is 19.1. The number of nitrogens with zero attached hydrogens (tertiary/aromatic N) is 1. The molecular weight excluding hydrogens is 231 g/mol. The van der Waals surface area contributed by atoms with Gasteiger partial charge in [0.05, 0.1) is 5.69 Å². The molecule has 0 saturated heterocycles. The Labute approximate surface area is 106 Å². The van der Waals surface area contributed by atoms with Gasteiger partial charge in [0.25, 0.3) is 0 Å². The molecular formula is C14H17FN2O. The molecule has 96 valence electrons. The molecule has 0 aromatic heterocycles. The van der Waals surface area contributed by atoms with Crippen molar-refractivity contribution in [3.05, 3.63) is 24.0 Å². The summed E-state index contributed by atoms with van der Waals surface area (Å²) in [6.45, 7) is 0. The fourth-order valence-electron chi connectivity index (χ4n) is 3.23. The number of amides is 1. The number of hydrogen-bond acceptors (Lipinski definition) is 2. The van der Waals surface area contributed by atoms with Gasteiger partial charge in [-0.2, -0.15) is 0 Å². The molecule has 0 radical (unpaired) electrons. The van der Waals surface area contributed by atoms with Gasteiger partial charge < -0.3 is 10.2 Å². The Balaban J connectivity index is 2.09. The number of carbonyl (C=O) groups excluding carboxylic acids is 1. The summed E-state index contributed by atoms with van der Waals surface area (Å²) in [5, 5.41) is 2.76. The number of rotatable bonds is 0. The lowest BCUT2D eigenvalue weighted by Gasteiger charge is -2.48. The Hall–Kier alpha value is -1.58. The molecule has 3 nitrogen and oxygen atoms in total. The minimum Gasteiger partial charge on any atom is -0.358 e. The number of para-hydroxylation sites is 1. The van der Waals surface area contributed by atoms with Crippen LogP contribution in [0.25, 0.3) is 0 Å². The molecule has 1 aromatic carbocycles.